The highest BCUT2D eigenvalue weighted by Crippen LogP contribution is 2.28. The van der Waals surface area contributed by atoms with Crippen molar-refractivity contribution in [3.05, 3.63) is 35.9 Å². The van der Waals surface area contributed by atoms with Crippen LogP contribution < -0.4 is 10.6 Å². The van der Waals surface area contributed by atoms with Gasteiger partial charge in [-0.3, -0.25) is 15.0 Å². The van der Waals surface area contributed by atoms with Crippen molar-refractivity contribution in [1.29, 1.82) is 0 Å². The lowest BCUT2D eigenvalue weighted by Gasteiger charge is -2.25. The van der Waals surface area contributed by atoms with E-state index in [4.69, 9.17) is 0 Å². The molecular formula is C18H27N3O2. The van der Waals surface area contributed by atoms with Crippen LogP contribution in [-0.4, -0.2) is 41.5 Å². The zero-order chi connectivity index (χ0) is 17.0. The van der Waals surface area contributed by atoms with Crippen molar-refractivity contribution in [3.8, 4) is 0 Å². The van der Waals surface area contributed by atoms with Gasteiger partial charge in [0.2, 0.25) is 5.91 Å². The quantitative estimate of drug-likeness (QED) is 0.900. The monoisotopic (exact) mass is 317 g/mol. The van der Waals surface area contributed by atoms with E-state index in [-0.39, 0.29) is 17.5 Å². The van der Waals surface area contributed by atoms with Crippen LogP contribution in [0.1, 0.15) is 45.6 Å². The number of urea groups is 1. The van der Waals surface area contributed by atoms with Gasteiger partial charge in [0.1, 0.15) is 0 Å². The molecule has 23 heavy (non-hydrogen) atoms. The molecule has 0 aromatic heterocycles. The molecule has 0 unspecified atom stereocenters. The Balaban J connectivity index is 1.87. The number of hydrogen-bond acceptors (Lipinski definition) is 3. The van der Waals surface area contributed by atoms with Crippen molar-refractivity contribution < 1.29 is 9.59 Å². The SMILES string of the molecule is C[C@H](C(=O)NC(=O)NC(C)(C)C)N1CC[C@H](c2ccccc2)C1. The molecule has 0 radical (unpaired) electrons. The molecule has 1 aliphatic heterocycles. The Bertz CT molecular complexity index is 551. The fraction of sp³-hybridized carbons (Fsp3) is 0.556. The van der Waals surface area contributed by atoms with Crippen LogP contribution >= 0.6 is 0 Å². The van der Waals surface area contributed by atoms with Crippen LogP contribution in [0.3, 0.4) is 0 Å². The van der Waals surface area contributed by atoms with Gasteiger partial charge >= 0.3 is 6.03 Å². The number of nitrogens with one attached hydrogen (secondary N) is 2. The van der Waals surface area contributed by atoms with Crippen LogP contribution in [0.4, 0.5) is 4.79 Å². The van der Waals surface area contributed by atoms with Gasteiger partial charge in [0.25, 0.3) is 0 Å². The summed E-state index contributed by atoms with van der Waals surface area (Å²) in [6, 6.07) is 9.63. The Morgan fingerprint density at radius 2 is 1.87 bits per heavy atom. The summed E-state index contributed by atoms with van der Waals surface area (Å²) >= 11 is 0. The summed E-state index contributed by atoms with van der Waals surface area (Å²) in [6.45, 7) is 9.21. The van der Waals surface area contributed by atoms with E-state index < -0.39 is 6.03 Å². The average molecular weight is 317 g/mol. The molecule has 2 atom stereocenters. The molecule has 126 valence electrons. The second kappa shape index (κ2) is 7.13. The molecule has 2 rings (SSSR count). The fourth-order valence-corrected chi connectivity index (χ4v) is 2.89. The third kappa shape index (κ3) is 5.06. The number of rotatable bonds is 3. The normalized spacial score (nSPS) is 20.1. The highest BCUT2D eigenvalue weighted by molar-refractivity contribution is 5.97. The molecule has 5 nitrogen and oxygen atoms in total. The molecule has 3 amide bonds. The largest absolute Gasteiger partial charge is 0.333 e. The Morgan fingerprint density at radius 3 is 2.48 bits per heavy atom. The molecule has 0 aliphatic carbocycles. The summed E-state index contributed by atoms with van der Waals surface area (Å²) < 4.78 is 0. The number of likely N-dealkylation sites (tertiary alicyclic amines) is 1. The summed E-state index contributed by atoms with van der Waals surface area (Å²) in [4.78, 5) is 26.2. The van der Waals surface area contributed by atoms with Crippen LogP contribution in [0.5, 0.6) is 0 Å². The summed E-state index contributed by atoms with van der Waals surface area (Å²) in [5.74, 6) is 0.204. The van der Waals surface area contributed by atoms with Crippen LogP contribution in [-0.2, 0) is 4.79 Å². The first-order valence-electron chi connectivity index (χ1n) is 8.18. The maximum absolute atomic E-state index is 12.3. The Kier molecular flexibility index (Phi) is 5.42. The van der Waals surface area contributed by atoms with E-state index in [2.05, 4.69) is 27.7 Å². The summed E-state index contributed by atoms with van der Waals surface area (Å²) in [7, 11) is 0. The molecule has 1 aromatic rings. The smallest absolute Gasteiger partial charge is 0.321 e. The van der Waals surface area contributed by atoms with Crippen molar-refractivity contribution >= 4 is 11.9 Å². The van der Waals surface area contributed by atoms with Gasteiger partial charge in [-0.15, -0.1) is 0 Å². The third-order valence-corrected chi connectivity index (χ3v) is 4.14. The lowest BCUT2D eigenvalue weighted by Crippen LogP contribution is -2.52. The summed E-state index contributed by atoms with van der Waals surface area (Å²) in [6.07, 6.45) is 1.04. The van der Waals surface area contributed by atoms with Gasteiger partial charge in [0.05, 0.1) is 6.04 Å². The van der Waals surface area contributed by atoms with E-state index in [9.17, 15) is 9.59 Å². The minimum absolute atomic E-state index is 0.250. The number of imide groups is 1. The molecule has 0 saturated carbocycles. The molecule has 0 bridgehead atoms. The topological polar surface area (TPSA) is 61.4 Å². The number of nitrogens with zero attached hydrogens (tertiary/aromatic N) is 1. The van der Waals surface area contributed by atoms with Crippen molar-refractivity contribution in [2.45, 2.75) is 51.6 Å². The zero-order valence-electron chi connectivity index (χ0n) is 14.4. The molecule has 1 fully saturated rings. The van der Waals surface area contributed by atoms with Gasteiger partial charge in [-0.1, -0.05) is 30.3 Å². The lowest BCUT2D eigenvalue weighted by molar-refractivity contribution is -0.124. The first-order chi connectivity index (χ1) is 10.8. The molecule has 1 saturated heterocycles. The standard InChI is InChI=1S/C18H27N3O2/c1-13(16(22)19-17(23)20-18(2,3)4)21-11-10-15(12-21)14-8-6-5-7-9-14/h5-9,13,15H,10-12H2,1-4H3,(H2,19,20,22,23)/t13-,15+/m1/s1. The van der Waals surface area contributed by atoms with Crippen LogP contribution in [0.25, 0.3) is 0 Å². The molecular weight excluding hydrogens is 290 g/mol. The van der Waals surface area contributed by atoms with Gasteiger partial charge in [0.15, 0.2) is 0 Å². The molecule has 1 heterocycles. The maximum atomic E-state index is 12.3. The van der Waals surface area contributed by atoms with Crippen molar-refractivity contribution in [2.75, 3.05) is 13.1 Å². The number of amides is 3. The first kappa shape index (κ1) is 17.5. The molecule has 0 spiro atoms. The van der Waals surface area contributed by atoms with Gasteiger partial charge in [-0.25, -0.2) is 4.79 Å². The molecule has 5 heteroatoms. The Morgan fingerprint density at radius 1 is 1.22 bits per heavy atom. The first-order valence-corrected chi connectivity index (χ1v) is 8.18. The summed E-state index contributed by atoms with van der Waals surface area (Å²) in [5.41, 5.74) is 0.952. The second-order valence-corrected chi connectivity index (χ2v) is 7.26. The molecule has 2 N–H and O–H groups in total. The Labute approximate surface area is 138 Å². The van der Waals surface area contributed by atoms with Crippen LogP contribution in [0.2, 0.25) is 0 Å². The third-order valence-electron chi connectivity index (χ3n) is 4.14. The van der Waals surface area contributed by atoms with E-state index in [1.54, 1.807) is 0 Å². The number of carbonyl (C=O) groups is 2. The Hall–Kier alpha value is -1.88. The highest BCUT2D eigenvalue weighted by atomic mass is 16.2. The van der Waals surface area contributed by atoms with E-state index in [0.29, 0.717) is 5.92 Å². The molecule has 1 aromatic carbocycles. The van der Waals surface area contributed by atoms with Gasteiger partial charge in [-0.05, 0) is 52.1 Å². The number of carbonyl (C=O) groups excluding carboxylic acids is 2. The van der Waals surface area contributed by atoms with Crippen LogP contribution in [0, 0.1) is 0 Å². The van der Waals surface area contributed by atoms with Crippen molar-refractivity contribution in [1.82, 2.24) is 15.5 Å². The van der Waals surface area contributed by atoms with Gasteiger partial charge in [-0.2, -0.15) is 0 Å². The average Bonchev–Trinajstić information content (AvgIpc) is 2.95. The van der Waals surface area contributed by atoms with Crippen molar-refractivity contribution in [3.63, 3.8) is 0 Å². The van der Waals surface area contributed by atoms with Crippen molar-refractivity contribution in [2.24, 2.45) is 0 Å². The van der Waals surface area contributed by atoms with E-state index in [1.807, 2.05) is 45.9 Å². The number of hydrogen-bond donors (Lipinski definition) is 2. The molecule has 1 aliphatic rings. The van der Waals surface area contributed by atoms with E-state index >= 15 is 0 Å². The van der Waals surface area contributed by atoms with E-state index in [1.165, 1.54) is 5.56 Å². The second-order valence-electron chi connectivity index (χ2n) is 7.26. The van der Waals surface area contributed by atoms with Crippen LogP contribution in [0.15, 0.2) is 30.3 Å². The predicted molar refractivity (Wildman–Crippen MR) is 91.3 cm³/mol. The fourth-order valence-electron chi connectivity index (χ4n) is 2.89. The highest BCUT2D eigenvalue weighted by Gasteiger charge is 2.31. The maximum Gasteiger partial charge on any atom is 0.321 e. The number of benzene rings is 1. The van der Waals surface area contributed by atoms with Gasteiger partial charge < -0.3 is 5.32 Å². The van der Waals surface area contributed by atoms with E-state index in [0.717, 1.165) is 19.5 Å². The zero-order valence-corrected chi connectivity index (χ0v) is 14.4. The lowest BCUT2D eigenvalue weighted by atomic mass is 9.99. The summed E-state index contributed by atoms with van der Waals surface area (Å²) in [5, 5.41) is 5.18. The van der Waals surface area contributed by atoms with Gasteiger partial charge in [0, 0.05) is 12.1 Å². The minimum Gasteiger partial charge on any atom is -0.333 e. The minimum atomic E-state index is -0.437. The predicted octanol–water partition coefficient (Wildman–Crippen LogP) is 2.49.